The lowest BCUT2D eigenvalue weighted by atomic mass is 10.1. The van der Waals surface area contributed by atoms with Crippen LogP contribution in [0.3, 0.4) is 0 Å². The van der Waals surface area contributed by atoms with Gasteiger partial charge in [-0.2, -0.15) is 0 Å². The minimum absolute atomic E-state index is 0.0162. The third-order valence-corrected chi connectivity index (χ3v) is 4.66. The Balaban J connectivity index is 1.50. The van der Waals surface area contributed by atoms with E-state index >= 15 is 0 Å². The number of hydrogen-bond acceptors (Lipinski definition) is 4. The zero-order chi connectivity index (χ0) is 17.6. The number of piperidine rings is 1. The molecule has 25 heavy (non-hydrogen) atoms. The Morgan fingerprint density at radius 2 is 1.80 bits per heavy atom. The second-order valence-corrected chi connectivity index (χ2v) is 6.81. The van der Waals surface area contributed by atoms with Gasteiger partial charge in [-0.25, -0.2) is 4.79 Å². The van der Waals surface area contributed by atoms with Gasteiger partial charge in [0, 0.05) is 39.4 Å². The third-order valence-electron chi connectivity index (χ3n) is 4.66. The lowest BCUT2D eigenvalue weighted by molar-refractivity contribution is 0.0104. The van der Waals surface area contributed by atoms with Crippen LogP contribution < -0.4 is 4.90 Å². The predicted molar refractivity (Wildman–Crippen MR) is 101 cm³/mol. The Bertz CT molecular complexity index is 692. The summed E-state index contributed by atoms with van der Waals surface area (Å²) in [5, 5.41) is 0. The van der Waals surface area contributed by atoms with E-state index in [1.807, 2.05) is 49.3 Å². The zero-order valence-corrected chi connectivity index (χ0v) is 15.0. The van der Waals surface area contributed by atoms with Crippen LogP contribution in [0, 0.1) is 0 Å². The number of nitrogens with zero attached hydrogens (tertiary/aromatic N) is 2. The first-order chi connectivity index (χ1) is 12.1. The van der Waals surface area contributed by atoms with Gasteiger partial charge >= 0.3 is 5.97 Å². The molecule has 2 aromatic rings. The number of benzene rings is 2. The molecule has 0 unspecified atom stereocenters. The van der Waals surface area contributed by atoms with Crippen LogP contribution in [0.25, 0.3) is 0 Å². The number of hydrogen-bond donors (Lipinski definition) is 0. The highest BCUT2D eigenvalue weighted by Crippen LogP contribution is 2.19. The number of anilines is 1. The second-order valence-electron chi connectivity index (χ2n) is 6.81. The summed E-state index contributed by atoms with van der Waals surface area (Å²) in [5.41, 5.74) is 2.96. The summed E-state index contributed by atoms with van der Waals surface area (Å²) in [6.45, 7) is 2.89. The molecular formula is C21H26N2O2. The molecular weight excluding hydrogens is 312 g/mol. The molecule has 1 heterocycles. The molecule has 4 heteroatoms. The van der Waals surface area contributed by atoms with Crippen molar-refractivity contribution in [3.05, 3.63) is 65.7 Å². The summed E-state index contributed by atoms with van der Waals surface area (Å²) < 4.78 is 5.73. The average molecular weight is 338 g/mol. The maximum absolute atomic E-state index is 12.4. The summed E-state index contributed by atoms with van der Waals surface area (Å²) in [6, 6.07) is 18.1. The fourth-order valence-electron chi connectivity index (χ4n) is 3.16. The van der Waals surface area contributed by atoms with E-state index in [2.05, 4.69) is 29.2 Å². The quantitative estimate of drug-likeness (QED) is 0.780. The lowest BCUT2D eigenvalue weighted by Gasteiger charge is -2.31. The van der Waals surface area contributed by atoms with Crippen molar-refractivity contribution in [2.24, 2.45) is 0 Å². The van der Waals surface area contributed by atoms with Gasteiger partial charge in [0.05, 0.1) is 5.56 Å². The summed E-state index contributed by atoms with van der Waals surface area (Å²) in [7, 11) is 3.93. The number of ether oxygens (including phenoxy) is 1. The van der Waals surface area contributed by atoms with Gasteiger partial charge in [-0.05, 0) is 36.6 Å². The lowest BCUT2D eigenvalue weighted by Crippen LogP contribution is -2.37. The van der Waals surface area contributed by atoms with Gasteiger partial charge in [-0.15, -0.1) is 0 Å². The standard InChI is InChI=1S/C21H26N2O2/c1-22(2)19-10-6-9-18(15-19)21(24)25-20-11-13-23(14-12-20)16-17-7-4-3-5-8-17/h3-10,15,20H,11-14,16H2,1-2H3. The molecule has 0 saturated carbocycles. The highest BCUT2D eigenvalue weighted by Gasteiger charge is 2.23. The molecule has 2 aromatic carbocycles. The molecule has 1 saturated heterocycles. The Morgan fingerprint density at radius 1 is 1.08 bits per heavy atom. The highest BCUT2D eigenvalue weighted by molar-refractivity contribution is 5.90. The van der Waals surface area contributed by atoms with E-state index in [4.69, 9.17) is 4.74 Å². The summed E-state index contributed by atoms with van der Waals surface area (Å²) in [5.74, 6) is -0.217. The number of esters is 1. The minimum atomic E-state index is -0.217. The van der Waals surface area contributed by atoms with Crippen molar-refractivity contribution in [1.82, 2.24) is 4.90 Å². The number of rotatable bonds is 5. The molecule has 0 aliphatic carbocycles. The van der Waals surface area contributed by atoms with Gasteiger partial charge in [0.2, 0.25) is 0 Å². The molecule has 4 nitrogen and oxygen atoms in total. The van der Waals surface area contributed by atoms with Crippen molar-refractivity contribution in [2.75, 3.05) is 32.1 Å². The van der Waals surface area contributed by atoms with Gasteiger partial charge in [-0.3, -0.25) is 4.90 Å². The predicted octanol–water partition coefficient (Wildman–Crippen LogP) is 3.57. The van der Waals surface area contributed by atoms with E-state index in [1.54, 1.807) is 0 Å². The van der Waals surface area contributed by atoms with Crippen LogP contribution >= 0.6 is 0 Å². The van der Waals surface area contributed by atoms with Crippen molar-refractivity contribution in [2.45, 2.75) is 25.5 Å². The summed E-state index contributed by atoms with van der Waals surface area (Å²) in [6.07, 6.45) is 1.81. The van der Waals surface area contributed by atoms with E-state index in [0.717, 1.165) is 38.2 Å². The summed E-state index contributed by atoms with van der Waals surface area (Å²) >= 11 is 0. The molecule has 0 radical (unpaired) electrons. The van der Waals surface area contributed by atoms with Gasteiger partial charge in [0.25, 0.3) is 0 Å². The first-order valence-corrected chi connectivity index (χ1v) is 8.86. The smallest absolute Gasteiger partial charge is 0.338 e. The Kier molecular flexibility index (Phi) is 5.71. The van der Waals surface area contributed by atoms with Crippen molar-refractivity contribution >= 4 is 11.7 Å². The van der Waals surface area contributed by atoms with Crippen molar-refractivity contribution in [3.8, 4) is 0 Å². The second kappa shape index (κ2) is 8.17. The van der Waals surface area contributed by atoms with E-state index < -0.39 is 0 Å². The normalized spacial score (nSPS) is 15.8. The van der Waals surface area contributed by atoms with Crippen LogP contribution in [0.2, 0.25) is 0 Å². The largest absolute Gasteiger partial charge is 0.459 e. The van der Waals surface area contributed by atoms with E-state index in [9.17, 15) is 4.79 Å². The zero-order valence-electron chi connectivity index (χ0n) is 15.0. The summed E-state index contributed by atoms with van der Waals surface area (Å²) in [4.78, 5) is 16.8. The molecule has 0 atom stereocenters. The fourth-order valence-corrected chi connectivity index (χ4v) is 3.16. The SMILES string of the molecule is CN(C)c1cccc(C(=O)OC2CCN(Cc3ccccc3)CC2)c1. The average Bonchev–Trinajstić information content (AvgIpc) is 2.64. The molecule has 1 aliphatic rings. The van der Waals surface area contributed by atoms with Gasteiger partial charge in [0.1, 0.15) is 6.10 Å². The molecule has 0 spiro atoms. The molecule has 132 valence electrons. The van der Waals surface area contributed by atoms with Crippen LogP contribution in [0.5, 0.6) is 0 Å². The molecule has 0 aromatic heterocycles. The van der Waals surface area contributed by atoms with Crippen LogP contribution in [0.1, 0.15) is 28.8 Å². The fraction of sp³-hybridized carbons (Fsp3) is 0.381. The molecule has 1 aliphatic heterocycles. The van der Waals surface area contributed by atoms with Crippen LogP contribution in [0.4, 0.5) is 5.69 Å². The maximum Gasteiger partial charge on any atom is 0.338 e. The number of carbonyl (C=O) groups excluding carboxylic acids is 1. The molecule has 0 bridgehead atoms. The van der Waals surface area contributed by atoms with Crippen molar-refractivity contribution < 1.29 is 9.53 Å². The first-order valence-electron chi connectivity index (χ1n) is 8.86. The van der Waals surface area contributed by atoms with Crippen molar-refractivity contribution in [3.63, 3.8) is 0 Å². The van der Waals surface area contributed by atoms with E-state index in [-0.39, 0.29) is 12.1 Å². The topological polar surface area (TPSA) is 32.8 Å². The molecule has 0 N–H and O–H groups in total. The van der Waals surface area contributed by atoms with E-state index in [0.29, 0.717) is 5.56 Å². The van der Waals surface area contributed by atoms with Crippen LogP contribution in [0.15, 0.2) is 54.6 Å². The van der Waals surface area contributed by atoms with Gasteiger partial charge < -0.3 is 9.64 Å². The minimum Gasteiger partial charge on any atom is -0.459 e. The molecule has 3 rings (SSSR count). The van der Waals surface area contributed by atoms with Crippen LogP contribution in [-0.2, 0) is 11.3 Å². The third kappa shape index (κ3) is 4.83. The number of likely N-dealkylation sites (tertiary alicyclic amines) is 1. The van der Waals surface area contributed by atoms with E-state index in [1.165, 1.54) is 5.56 Å². The monoisotopic (exact) mass is 338 g/mol. The van der Waals surface area contributed by atoms with Crippen molar-refractivity contribution in [1.29, 1.82) is 0 Å². The first kappa shape index (κ1) is 17.5. The molecule has 0 amide bonds. The van der Waals surface area contributed by atoms with Gasteiger partial charge in [-0.1, -0.05) is 36.4 Å². The Morgan fingerprint density at radius 3 is 2.48 bits per heavy atom. The van der Waals surface area contributed by atoms with Gasteiger partial charge in [0.15, 0.2) is 0 Å². The highest BCUT2D eigenvalue weighted by atomic mass is 16.5. The number of carbonyl (C=O) groups is 1. The van der Waals surface area contributed by atoms with Crippen LogP contribution in [-0.4, -0.2) is 44.2 Å². The molecule has 1 fully saturated rings. The Hall–Kier alpha value is -2.33. The maximum atomic E-state index is 12.4. The Labute approximate surface area is 150 Å².